The predicted octanol–water partition coefficient (Wildman–Crippen LogP) is 5.94. The fraction of sp³-hybridized carbons (Fsp3) is 0.333. The van der Waals surface area contributed by atoms with Crippen LogP contribution in [0.1, 0.15) is 73.5 Å². The van der Waals surface area contributed by atoms with E-state index in [0.29, 0.717) is 47.5 Å². The van der Waals surface area contributed by atoms with Crippen molar-refractivity contribution in [3.8, 4) is 33.8 Å². The first-order valence-corrected chi connectivity index (χ1v) is 19.7. The van der Waals surface area contributed by atoms with Gasteiger partial charge in [0.1, 0.15) is 29.4 Å². The van der Waals surface area contributed by atoms with Crippen LogP contribution in [-0.4, -0.2) is 76.4 Å². The first-order chi connectivity index (χ1) is 27.7. The van der Waals surface area contributed by atoms with Crippen molar-refractivity contribution < 1.29 is 39.0 Å². The molecule has 1 aliphatic heterocycles. The number of phenols is 2. The van der Waals surface area contributed by atoms with Crippen molar-refractivity contribution in [1.82, 2.24) is 15.5 Å². The Labute approximate surface area is 342 Å². The topological polar surface area (TPSA) is 196 Å². The molecule has 0 saturated heterocycles. The van der Waals surface area contributed by atoms with Crippen LogP contribution in [0.4, 0.5) is 0 Å². The molecule has 4 atom stereocenters. The Kier molecular flexibility index (Phi) is 14.6. The minimum Gasteiger partial charge on any atom is -0.507 e. The van der Waals surface area contributed by atoms with E-state index in [2.05, 4.69) is 10.6 Å². The molecule has 0 aromatic heterocycles. The number of likely N-dealkylation sites (N-methyl/N-ethyl adjacent to an activating group) is 1. The monoisotopic (exact) mass is 808 g/mol. The van der Waals surface area contributed by atoms with E-state index in [1.54, 1.807) is 36.4 Å². The van der Waals surface area contributed by atoms with E-state index in [0.717, 1.165) is 11.1 Å². The van der Waals surface area contributed by atoms with E-state index in [4.69, 9.17) is 17.3 Å². The lowest BCUT2D eigenvalue weighted by atomic mass is 9.88. The summed E-state index contributed by atoms with van der Waals surface area (Å²) in [6.07, 6.45) is 0.995. The number of ketones is 3. The number of amides is 3. The summed E-state index contributed by atoms with van der Waals surface area (Å²) in [6, 6.07) is 20.9. The number of halogens is 1. The van der Waals surface area contributed by atoms with Crippen molar-refractivity contribution in [3.05, 3.63) is 107 Å². The van der Waals surface area contributed by atoms with Crippen LogP contribution in [0.5, 0.6) is 11.5 Å². The Morgan fingerprint density at radius 1 is 0.879 bits per heavy atom. The fourth-order valence-electron chi connectivity index (χ4n) is 7.19. The lowest BCUT2D eigenvalue weighted by Crippen LogP contribution is -2.50. The number of rotatable bonds is 13. The summed E-state index contributed by atoms with van der Waals surface area (Å²) in [5.74, 6) is -4.94. The molecule has 1 heterocycles. The van der Waals surface area contributed by atoms with Crippen molar-refractivity contribution in [1.29, 1.82) is 0 Å². The van der Waals surface area contributed by atoms with Crippen LogP contribution in [0, 0.1) is 11.8 Å². The number of nitrogens with one attached hydrogen (secondary N) is 2. The smallest absolute Gasteiger partial charge is 0.243 e. The van der Waals surface area contributed by atoms with E-state index >= 15 is 0 Å². The Hall–Kier alpha value is -5.85. The SMILES string of the molecule is CC(=O)CNC(=O)[C@@H]1Cc2ccc(O)c(c2)-c2cc(ccc2O)[C@H](N(C)C(=O)[C@H](CCCCN)CC(=O)c2ccc(-c3ccc(Cl)cc3)cc2)C(=O)C[C@@H](C)C(=O)N1. The van der Waals surface area contributed by atoms with Crippen molar-refractivity contribution >= 4 is 46.7 Å². The number of nitrogens with zero attached hydrogens (tertiary/aromatic N) is 1. The van der Waals surface area contributed by atoms with Crippen LogP contribution < -0.4 is 16.4 Å². The average Bonchev–Trinajstić information content (AvgIpc) is 3.20. The number of fused-ring (bicyclic) bond motifs is 5. The molecule has 3 amide bonds. The van der Waals surface area contributed by atoms with Crippen LogP contribution in [0.3, 0.4) is 0 Å². The zero-order valence-electron chi connectivity index (χ0n) is 32.8. The van der Waals surface area contributed by atoms with Crippen LogP contribution >= 0.6 is 11.6 Å². The molecular formula is C45H49ClN4O8. The van der Waals surface area contributed by atoms with Crippen molar-refractivity contribution in [2.75, 3.05) is 20.1 Å². The van der Waals surface area contributed by atoms with Crippen molar-refractivity contribution in [2.45, 2.75) is 64.5 Å². The van der Waals surface area contributed by atoms with Gasteiger partial charge in [-0.25, -0.2) is 0 Å². The van der Waals surface area contributed by atoms with Gasteiger partial charge in [-0.3, -0.25) is 28.8 Å². The summed E-state index contributed by atoms with van der Waals surface area (Å²) in [5.41, 5.74) is 9.21. The van der Waals surface area contributed by atoms with Gasteiger partial charge < -0.3 is 31.5 Å². The normalized spacial score (nSPS) is 17.4. The molecule has 13 heteroatoms. The van der Waals surface area contributed by atoms with Gasteiger partial charge >= 0.3 is 0 Å². The Bertz CT molecular complexity index is 2170. The van der Waals surface area contributed by atoms with Gasteiger partial charge in [-0.2, -0.15) is 0 Å². The van der Waals surface area contributed by atoms with E-state index in [-0.39, 0.29) is 60.0 Å². The van der Waals surface area contributed by atoms with Gasteiger partial charge in [0.05, 0.1) is 6.54 Å². The average molecular weight is 809 g/mol. The number of Topliss-reactive ketones (excluding diaryl/α,β-unsaturated/α-hetero) is 3. The third kappa shape index (κ3) is 10.8. The van der Waals surface area contributed by atoms with Crippen LogP contribution in [0.25, 0.3) is 22.3 Å². The molecule has 0 spiro atoms. The maximum Gasteiger partial charge on any atom is 0.243 e. The predicted molar refractivity (Wildman–Crippen MR) is 221 cm³/mol. The van der Waals surface area contributed by atoms with Gasteiger partial charge in [0.25, 0.3) is 0 Å². The number of unbranched alkanes of at least 4 members (excludes halogenated alkanes) is 1. The molecule has 6 N–H and O–H groups in total. The second-order valence-electron chi connectivity index (χ2n) is 14.9. The van der Waals surface area contributed by atoms with Crippen LogP contribution in [-0.2, 0) is 30.4 Å². The molecule has 0 radical (unpaired) electrons. The highest BCUT2D eigenvalue weighted by Crippen LogP contribution is 2.39. The first kappa shape index (κ1) is 43.3. The summed E-state index contributed by atoms with van der Waals surface area (Å²) >= 11 is 6.04. The van der Waals surface area contributed by atoms with E-state index < -0.39 is 47.4 Å². The van der Waals surface area contributed by atoms with E-state index in [1.165, 1.54) is 50.1 Å². The number of benzene rings is 4. The number of aromatic hydroxyl groups is 2. The maximum absolute atomic E-state index is 14.6. The van der Waals surface area contributed by atoms with Gasteiger partial charge in [-0.1, -0.05) is 73.5 Å². The number of carbonyl (C=O) groups excluding carboxylic acids is 6. The van der Waals surface area contributed by atoms with E-state index in [1.807, 2.05) is 24.3 Å². The highest BCUT2D eigenvalue weighted by Gasteiger charge is 2.36. The van der Waals surface area contributed by atoms with Gasteiger partial charge in [-0.05, 0) is 85.0 Å². The molecule has 4 aromatic carbocycles. The van der Waals surface area contributed by atoms with Crippen molar-refractivity contribution in [2.24, 2.45) is 17.6 Å². The molecule has 58 heavy (non-hydrogen) atoms. The number of hydrogen-bond acceptors (Lipinski definition) is 9. The zero-order valence-corrected chi connectivity index (χ0v) is 33.6. The fourth-order valence-corrected chi connectivity index (χ4v) is 7.31. The molecule has 4 bridgehead atoms. The lowest BCUT2D eigenvalue weighted by Gasteiger charge is -2.32. The molecule has 0 aliphatic carbocycles. The second kappa shape index (κ2) is 19.5. The standard InChI is InChI=1S/C45H49ClN4O8/c1-26-20-41(55)42(50(3)45(58)33(6-4-5-19-47)24-40(54)31-10-8-29(9-11-31)30-12-15-34(46)16-13-30)32-14-18-39(53)36(23-32)35-21-28(7-17-38(35)52)22-37(49-43(26)56)44(57)48-25-27(2)51/h7-18,21,23,26,33,37,42,52-53H,4-6,19-20,22,24-25,47H2,1-3H3,(H,48,57)(H,49,56)/t26-,33-,37+,42+/m1/s1. The Morgan fingerprint density at radius 3 is 2.14 bits per heavy atom. The molecule has 5 rings (SSSR count). The highest BCUT2D eigenvalue weighted by atomic mass is 35.5. The summed E-state index contributed by atoms with van der Waals surface area (Å²) in [5, 5.41) is 27.9. The largest absolute Gasteiger partial charge is 0.507 e. The molecule has 0 unspecified atom stereocenters. The molecule has 0 saturated carbocycles. The molecule has 304 valence electrons. The van der Waals surface area contributed by atoms with Crippen molar-refractivity contribution in [3.63, 3.8) is 0 Å². The maximum atomic E-state index is 14.6. The van der Waals surface area contributed by atoms with Crippen LogP contribution in [0.2, 0.25) is 5.02 Å². The molecular weight excluding hydrogens is 760 g/mol. The van der Waals surface area contributed by atoms with Gasteiger partial charge in [0.2, 0.25) is 17.7 Å². The minimum atomic E-state index is -1.27. The number of carbonyl (C=O) groups is 6. The Balaban J connectivity index is 1.50. The van der Waals surface area contributed by atoms with Gasteiger partial charge in [0, 0.05) is 59.9 Å². The summed E-state index contributed by atoms with van der Waals surface area (Å²) in [7, 11) is 1.47. The molecule has 12 nitrogen and oxygen atoms in total. The Morgan fingerprint density at radius 2 is 1.50 bits per heavy atom. The first-order valence-electron chi connectivity index (χ1n) is 19.3. The summed E-state index contributed by atoms with van der Waals surface area (Å²) < 4.78 is 0. The van der Waals surface area contributed by atoms with E-state index in [9.17, 15) is 39.0 Å². The quantitative estimate of drug-likeness (QED) is 0.0802. The van der Waals surface area contributed by atoms with Crippen LogP contribution in [0.15, 0.2) is 84.9 Å². The van der Waals surface area contributed by atoms with Gasteiger partial charge in [0.15, 0.2) is 11.6 Å². The zero-order chi connectivity index (χ0) is 42.1. The third-order valence-electron chi connectivity index (χ3n) is 10.4. The molecule has 0 fully saturated rings. The summed E-state index contributed by atoms with van der Waals surface area (Å²) in [6.45, 7) is 2.99. The van der Waals surface area contributed by atoms with Gasteiger partial charge in [-0.15, -0.1) is 0 Å². The number of phenolic OH excluding ortho intramolecular Hbond substituents is 2. The second-order valence-corrected chi connectivity index (χ2v) is 15.4. The third-order valence-corrected chi connectivity index (χ3v) is 10.7. The lowest BCUT2D eigenvalue weighted by molar-refractivity contribution is -0.142. The molecule has 1 aliphatic rings. The number of hydrogen-bond donors (Lipinski definition) is 5. The minimum absolute atomic E-state index is 0.0273. The summed E-state index contributed by atoms with van der Waals surface area (Å²) in [4.78, 5) is 82.5. The highest BCUT2D eigenvalue weighted by molar-refractivity contribution is 6.30. The molecule has 4 aromatic rings. The number of nitrogens with two attached hydrogens (primary N) is 1.